The van der Waals surface area contributed by atoms with Crippen molar-refractivity contribution in [3.8, 4) is 11.4 Å². The van der Waals surface area contributed by atoms with E-state index in [1.165, 1.54) is 0 Å². The molecule has 0 fully saturated rings. The highest BCUT2D eigenvalue weighted by Gasteiger charge is 2.11. The van der Waals surface area contributed by atoms with Crippen LogP contribution in [-0.4, -0.2) is 33.0 Å². The molecule has 7 heteroatoms. The zero-order valence-electron chi connectivity index (χ0n) is 14.1. The average molecular weight is 347 g/mol. The van der Waals surface area contributed by atoms with Gasteiger partial charge < -0.3 is 15.0 Å². The largest absolute Gasteiger partial charge is 0.497 e. The Balaban J connectivity index is 1.46. The number of nitrogens with zero attached hydrogens (tertiary/aromatic N) is 3. The molecule has 0 unspecified atom stereocenters. The lowest BCUT2D eigenvalue weighted by Crippen LogP contribution is -2.23. The Morgan fingerprint density at radius 1 is 1.19 bits per heavy atom. The van der Waals surface area contributed by atoms with Gasteiger partial charge in [0.25, 0.3) is 5.91 Å². The van der Waals surface area contributed by atoms with E-state index in [1.807, 2.05) is 48.7 Å². The summed E-state index contributed by atoms with van der Waals surface area (Å²) in [6, 6.07) is 15.1. The highest BCUT2D eigenvalue weighted by Crippen LogP contribution is 2.17. The van der Waals surface area contributed by atoms with Crippen molar-refractivity contribution >= 4 is 16.8 Å². The first-order valence-corrected chi connectivity index (χ1v) is 8.14. The van der Waals surface area contributed by atoms with Crippen molar-refractivity contribution in [1.29, 1.82) is 0 Å². The van der Waals surface area contributed by atoms with E-state index < -0.39 is 0 Å². The molecular weight excluding hydrogens is 330 g/mol. The minimum absolute atomic E-state index is 0.156. The Morgan fingerprint density at radius 3 is 2.85 bits per heavy atom. The molecule has 0 aliphatic carbocycles. The number of nitrogens with one attached hydrogen (secondary N) is 2. The van der Waals surface area contributed by atoms with E-state index in [2.05, 4.69) is 20.6 Å². The maximum Gasteiger partial charge on any atom is 0.253 e. The molecule has 0 spiro atoms. The molecular formula is C19H17N5O2. The number of rotatable bonds is 5. The predicted octanol–water partition coefficient (Wildman–Crippen LogP) is 2.69. The summed E-state index contributed by atoms with van der Waals surface area (Å²) >= 11 is 0. The van der Waals surface area contributed by atoms with Crippen LogP contribution in [0.2, 0.25) is 0 Å². The van der Waals surface area contributed by atoms with Gasteiger partial charge in [-0.15, -0.1) is 5.10 Å². The number of para-hydroxylation sites is 1. The lowest BCUT2D eigenvalue weighted by Gasteiger charge is -2.04. The second-order valence-corrected chi connectivity index (χ2v) is 5.78. The summed E-state index contributed by atoms with van der Waals surface area (Å²) in [5, 5.41) is 12.1. The number of hydrogen-bond donors (Lipinski definition) is 2. The molecule has 26 heavy (non-hydrogen) atoms. The number of ether oxygens (including phenoxy) is 1. The quantitative estimate of drug-likeness (QED) is 0.581. The van der Waals surface area contributed by atoms with Crippen LogP contribution in [-0.2, 0) is 6.54 Å². The number of aromatic nitrogens is 4. The van der Waals surface area contributed by atoms with Crippen molar-refractivity contribution in [2.75, 3.05) is 7.11 Å². The first-order valence-electron chi connectivity index (χ1n) is 8.14. The molecule has 0 saturated carbocycles. The number of carbonyl (C=O) groups is 1. The van der Waals surface area contributed by atoms with Crippen LogP contribution in [0.3, 0.4) is 0 Å². The Morgan fingerprint density at radius 2 is 2.04 bits per heavy atom. The van der Waals surface area contributed by atoms with Crippen LogP contribution in [0.4, 0.5) is 0 Å². The molecule has 0 radical (unpaired) electrons. The average Bonchev–Trinajstić information content (AvgIpc) is 3.35. The molecule has 2 heterocycles. The van der Waals surface area contributed by atoms with Crippen molar-refractivity contribution in [2.45, 2.75) is 6.54 Å². The van der Waals surface area contributed by atoms with Crippen LogP contribution in [0.5, 0.6) is 5.75 Å². The third kappa shape index (κ3) is 3.02. The second-order valence-electron chi connectivity index (χ2n) is 5.78. The molecule has 0 bridgehead atoms. The third-order valence-corrected chi connectivity index (χ3v) is 4.14. The molecule has 7 nitrogen and oxygen atoms in total. The van der Waals surface area contributed by atoms with Gasteiger partial charge in [0.15, 0.2) is 0 Å². The van der Waals surface area contributed by atoms with Crippen molar-refractivity contribution in [2.24, 2.45) is 0 Å². The minimum atomic E-state index is -0.156. The van der Waals surface area contributed by atoms with Crippen molar-refractivity contribution in [3.05, 3.63) is 72.2 Å². The number of amides is 1. The number of carbonyl (C=O) groups excluding carboxylic acids is 1. The number of aromatic amines is 1. The Kier molecular flexibility index (Phi) is 4.10. The van der Waals surface area contributed by atoms with E-state index in [9.17, 15) is 4.79 Å². The molecule has 0 atom stereocenters. The summed E-state index contributed by atoms with van der Waals surface area (Å²) in [6.45, 7) is 0.298. The molecule has 0 saturated heterocycles. The fourth-order valence-corrected chi connectivity index (χ4v) is 2.78. The number of fused-ring (bicyclic) bond motifs is 1. The lowest BCUT2D eigenvalue weighted by atomic mass is 10.1. The van der Waals surface area contributed by atoms with Gasteiger partial charge >= 0.3 is 0 Å². The van der Waals surface area contributed by atoms with E-state index in [0.29, 0.717) is 17.8 Å². The summed E-state index contributed by atoms with van der Waals surface area (Å²) in [5.41, 5.74) is 2.97. The molecule has 4 rings (SSSR count). The number of benzene rings is 2. The molecule has 0 aliphatic rings. The predicted molar refractivity (Wildman–Crippen MR) is 97.4 cm³/mol. The Hall–Kier alpha value is -3.61. The first-order chi connectivity index (χ1) is 12.7. The molecule has 130 valence electrons. The second kappa shape index (κ2) is 6.72. The minimum Gasteiger partial charge on any atom is -0.497 e. The standard InChI is InChI=1S/C19H17N5O2/c1-26-16-7-5-15(6-8-16)24-12-14(22-23-24)11-21-19(25)17-4-2-3-13-9-10-20-18(13)17/h2-10,12,20H,11H2,1H3,(H,21,25). The third-order valence-electron chi connectivity index (χ3n) is 4.14. The topological polar surface area (TPSA) is 84.8 Å². The van der Waals surface area contributed by atoms with E-state index in [4.69, 9.17) is 4.74 Å². The van der Waals surface area contributed by atoms with Crippen LogP contribution in [0, 0.1) is 0 Å². The van der Waals surface area contributed by atoms with Crippen LogP contribution in [0.15, 0.2) is 60.9 Å². The zero-order chi connectivity index (χ0) is 17.9. The number of hydrogen-bond acceptors (Lipinski definition) is 4. The van der Waals surface area contributed by atoms with E-state index >= 15 is 0 Å². The maximum absolute atomic E-state index is 12.5. The molecule has 2 aromatic heterocycles. The molecule has 2 N–H and O–H groups in total. The van der Waals surface area contributed by atoms with Crippen LogP contribution >= 0.6 is 0 Å². The van der Waals surface area contributed by atoms with Crippen molar-refractivity contribution in [1.82, 2.24) is 25.3 Å². The van der Waals surface area contributed by atoms with Gasteiger partial charge in [0, 0.05) is 11.6 Å². The van der Waals surface area contributed by atoms with Gasteiger partial charge in [0.1, 0.15) is 11.4 Å². The normalized spacial score (nSPS) is 10.8. The van der Waals surface area contributed by atoms with Gasteiger partial charge in [-0.1, -0.05) is 17.3 Å². The Bertz CT molecular complexity index is 1050. The molecule has 2 aromatic carbocycles. The zero-order valence-corrected chi connectivity index (χ0v) is 14.1. The van der Waals surface area contributed by atoms with Crippen molar-refractivity contribution < 1.29 is 9.53 Å². The molecule has 1 amide bonds. The van der Waals surface area contributed by atoms with Gasteiger partial charge in [-0.3, -0.25) is 4.79 Å². The van der Waals surface area contributed by atoms with Crippen LogP contribution < -0.4 is 10.1 Å². The summed E-state index contributed by atoms with van der Waals surface area (Å²) in [4.78, 5) is 15.6. The fraction of sp³-hybridized carbons (Fsp3) is 0.105. The highest BCUT2D eigenvalue weighted by atomic mass is 16.5. The summed E-state index contributed by atoms with van der Waals surface area (Å²) in [7, 11) is 1.62. The summed E-state index contributed by atoms with van der Waals surface area (Å²) < 4.78 is 6.81. The van der Waals surface area contributed by atoms with E-state index in [0.717, 1.165) is 22.3 Å². The van der Waals surface area contributed by atoms with Crippen LogP contribution in [0.25, 0.3) is 16.6 Å². The molecule has 0 aliphatic heterocycles. The number of methoxy groups -OCH3 is 1. The number of H-pyrrole nitrogens is 1. The monoisotopic (exact) mass is 347 g/mol. The van der Waals surface area contributed by atoms with Gasteiger partial charge in [0.05, 0.1) is 36.6 Å². The highest BCUT2D eigenvalue weighted by molar-refractivity contribution is 6.05. The van der Waals surface area contributed by atoms with E-state index in [1.54, 1.807) is 24.1 Å². The smallest absolute Gasteiger partial charge is 0.253 e. The van der Waals surface area contributed by atoms with Gasteiger partial charge in [-0.2, -0.15) is 0 Å². The summed E-state index contributed by atoms with van der Waals surface area (Å²) in [6.07, 6.45) is 3.61. The van der Waals surface area contributed by atoms with Crippen molar-refractivity contribution in [3.63, 3.8) is 0 Å². The van der Waals surface area contributed by atoms with Gasteiger partial charge in [-0.05, 0) is 36.4 Å². The van der Waals surface area contributed by atoms with E-state index in [-0.39, 0.29) is 5.91 Å². The fourth-order valence-electron chi connectivity index (χ4n) is 2.78. The SMILES string of the molecule is COc1ccc(-n2cc(CNC(=O)c3cccc4cc[nH]c34)nn2)cc1. The first kappa shape index (κ1) is 15.9. The summed E-state index contributed by atoms with van der Waals surface area (Å²) in [5.74, 6) is 0.622. The molecule has 4 aromatic rings. The van der Waals surface area contributed by atoms with Crippen LogP contribution in [0.1, 0.15) is 16.1 Å². The van der Waals surface area contributed by atoms with Gasteiger partial charge in [-0.25, -0.2) is 4.68 Å². The van der Waals surface area contributed by atoms with Gasteiger partial charge in [0.2, 0.25) is 0 Å². The Labute approximate surface area is 149 Å². The lowest BCUT2D eigenvalue weighted by molar-refractivity contribution is 0.0952. The maximum atomic E-state index is 12.5.